The van der Waals surface area contributed by atoms with E-state index in [1.54, 1.807) is 29.2 Å². The fourth-order valence-electron chi connectivity index (χ4n) is 5.26. The number of hydrogen-bond donors (Lipinski definition) is 0. The third kappa shape index (κ3) is 6.06. The number of benzene rings is 4. The van der Waals surface area contributed by atoms with Crippen LogP contribution in [0.25, 0.3) is 0 Å². The highest BCUT2D eigenvalue weighted by molar-refractivity contribution is 6.08. The molecule has 1 aliphatic rings. The maximum absolute atomic E-state index is 13.6. The molecule has 1 heterocycles. The van der Waals surface area contributed by atoms with Gasteiger partial charge in [-0.1, -0.05) is 67.3 Å². The van der Waals surface area contributed by atoms with Crippen LogP contribution in [0.3, 0.4) is 0 Å². The Morgan fingerprint density at radius 1 is 0.872 bits per heavy atom. The monoisotopic (exact) mass is 521 g/mol. The molecule has 196 valence electrons. The summed E-state index contributed by atoms with van der Waals surface area (Å²) in [5, 5.41) is 0. The van der Waals surface area contributed by atoms with Crippen molar-refractivity contribution in [2.24, 2.45) is 5.92 Å². The second-order valence-corrected chi connectivity index (χ2v) is 10.1. The van der Waals surface area contributed by atoms with Crippen molar-refractivity contribution in [1.29, 1.82) is 0 Å². The van der Waals surface area contributed by atoms with Gasteiger partial charge in [-0.2, -0.15) is 0 Å². The number of anilines is 1. The summed E-state index contributed by atoms with van der Waals surface area (Å²) in [5.41, 5.74) is 4.82. The standard InChI is InChI=1S/C33H30BF2NO2/c1-22(25-6-10-27(35)11-7-25)5-18-31-32(37(33(31)38)29-14-12-28(36)13-15-29)26-8-16-30(17-9-26)39-21-24-4-2-3-23(19-24)20-34/h2-4,6-17,19,22,31-32H,5,18,20-21H2,1H3. The van der Waals surface area contributed by atoms with Crippen LogP contribution in [0.5, 0.6) is 5.75 Å². The van der Waals surface area contributed by atoms with E-state index in [-0.39, 0.29) is 35.4 Å². The van der Waals surface area contributed by atoms with Gasteiger partial charge in [0.05, 0.1) is 19.8 Å². The third-order valence-electron chi connectivity index (χ3n) is 7.52. The van der Waals surface area contributed by atoms with Crippen molar-refractivity contribution in [3.63, 3.8) is 0 Å². The van der Waals surface area contributed by atoms with Crippen LogP contribution >= 0.6 is 0 Å². The molecule has 1 aliphatic heterocycles. The molecule has 4 aromatic rings. The van der Waals surface area contributed by atoms with Crippen molar-refractivity contribution in [3.05, 3.63) is 131 Å². The highest BCUT2D eigenvalue weighted by Gasteiger charge is 2.48. The summed E-state index contributed by atoms with van der Waals surface area (Å²) in [6, 6.07) is 28.2. The van der Waals surface area contributed by atoms with Gasteiger partial charge in [-0.25, -0.2) is 8.78 Å². The van der Waals surface area contributed by atoms with Gasteiger partial charge in [0.25, 0.3) is 0 Å². The summed E-state index contributed by atoms with van der Waals surface area (Å²) < 4.78 is 32.9. The number of amides is 1. The van der Waals surface area contributed by atoms with E-state index >= 15 is 0 Å². The molecule has 3 unspecified atom stereocenters. The number of carbonyl (C=O) groups is 1. The lowest BCUT2D eigenvalue weighted by Crippen LogP contribution is -2.55. The van der Waals surface area contributed by atoms with Crippen LogP contribution in [0.15, 0.2) is 97.1 Å². The van der Waals surface area contributed by atoms with E-state index in [9.17, 15) is 13.6 Å². The lowest BCUT2D eigenvalue weighted by molar-refractivity contribution is -0.130. The summed E-state index contributed by atoms with van der Waals surface area (Å²) in [5.74, 6) is 0.143. The average Bonchev–Trinajstić information content (AvgIpc) is 2.96. The molecule has 0 spiro atoms. The quantitative estimate of drug-likeness (QED) is 0.160. The van der Waals surface area contributed by atoms with Crippen LogP contribution in [0.2, 0.25) is 0 Å². The number of carbonyl (C=O) groups excluding carboxylic acids is 1. The smallest absolute Gasteiger partial charge is 0.233 e. The van der Waals surface area contributed by atoms with Gasteiger partial charge in [0, 0.05) is 5.69 Å². The van der Waals surface area contributed by atoms with Crippen LogP contribution in [0.4, 0.5) is 14.5 Å². The largest absolute Gasteiger partial charge is 0.489 e. The lowest BCUT2D eigenvalue weighted by Gasteiger charge is -2.48. The highest BCUT2D eigenvalue weighted by atomic mass is 19.1. The van der Waals surface area contributed by atoms with E-state index in [0.717, 1.165) is 34.4 Å². The number of nitrogens with zero attached hydrogens (tertiary/aromatic N) is 1. The summed E-state index contributed by atoms with van der Waals surface area (Å²) in [6.07, 6.45) is 1.96. The van der Waals surface area contributed by atoms with Gasteiger partial charge < -0.3 is 9.64 Å². The molecule has 0 saturated carbocycles. The Morgan fingerprint density at radius 2 is 1.51 bits per heavy atom. The van der Waals surface area contributed by atoms with Gasteiger partial charge in [0.1, 0.15) is 24.0 Å². The fraction of sp³-hybridized carbons (Fsp3) is 0.242. The molecule has 4 aromatic carbocycles. The second kappa shape index (κ2) is 11.9. The van der Waals surface area contributed by atoms with Crippen LogP contribution in [0, 0.1) is 17.6 Å². The van der Waals surface area contributed by atoms with Crippen molar-refractivity contribution < 1.29 is 18.3 Å². The zero-order valence-electron chi connectivity index (χ0n) is 21.9. The Kier molecular flexibility index (Phi) is 8.11. The van der Waals surface area contributed by atoms with Gasteiger partial charge in [-0.15, -0.1) is 0 Å². The van der Waals surface area contributed by atoms with E-state index in [1.807, 2.05) is 48.5 Å². The normalized spacial score (nSPS) is 17.5. The van der Waals surface area contributed by atoms with Crippen LogP contribution < -0.4 is 9.64 Å². The molecule has 39 heavy (non-hydrogen) atoms. The molecule has 0 aliphatic carbocycles. The van der Waals surface area contributed by atoms with Gasteiger partial charge in [-0.05, 0) is 84.0 Å². The zero-order chi connectivity index (χ0) is 27.4. The van der Waals surface area contributed by atoms with Crippen LogP contribution in [-0.2, 0) is 17.7 Å². The molecule has 0 N–H and O–H groups in total. The average molecular weight is 521 g/mol. The first kappa shape index (κ1) is 26.7. The Hall–Kier alpha value is -3.93. The minimum atomic E-state index is -0.341. The Balaban J connectivity index is 1.31. The van der Waals surface area contributed by atoms with Gasteiger partial charge >= 0.3 is 0 Å². The molecule has 1 saturated heterocycles. The van der Waals surface area contributed by atoms with E-state index in [0.29, 0.717) is 25.0 Å². The molecular weight excluding hydrogens is 491 g/mol. The molecule has 6 heteroatoms. The summed E-state index contributed by atoms with van der Waals surface area (Å²) in [7, 11) is 5.74. The highest BCUT2D eigenvalue weighted by Crippen LogP contribution is 2.46. The predicted octanol–water partition coefficient (Wildman–Crippen LogP) is 7.50. The Bertz CT molecular complexity index is 1410. The van der Waals surface area contributed by atoms with E-state index in [1.165, 1.54) is 24.3 Å². The molecule has 3 nitrogen and oxygen atoms in total. The molecule has 1 fully saturated rings. The van der Waals surface area contributed by atoms with Gasteiger partial charge in [0.15, 0.2) is 0 Å². The summed E-state index contributed by atoms with van der Waals surface area (Å²) >= 11 is 0. The molecule has 5 rings (SSSR count). The summed E-state index contributed by atoms with van der Waals surface area (Å²) in [4.78, 5) is 15.1. The number of hydrogen-bond acceptors (Lipinski definition) is 2. The third-order valence-corrected chi connectivity index (χ3v) is 7.52. The van der Waals surface area contributed by atoms with Gasteiger partial charge in [-0.3, -0.25) is 4.79 Å². The Morgan fingerprint density at radius 3 is 2.18 bits per heavy atom. The Labute approximate surface area is 229 Å². The maximum atomic E-state index is 13.6. The number of β-lactam (4-membered cyclic amide) rings is 1. The van der Waals surface area contributed by atoms with Crippen molar-refractivity contribution >= 4 is 19.4 Å². The van der Waals surface area contributed by atoms with E-state index in [4.69, 9.17) is 12.6 Å². The minimum absolute atomic E-state index is 0.0260. The van der Waals surface area contributed by atoms with Crippen LogP contribution in [0.1, 0.15) is 54.0 Å². The molecule has 3 atom stereocenters. The van der Waals surface area contributed by atoms with Crippen molar-refractivity contribution in [3.8, 4) is 5.75 Å². The fourth-order valence-corrected chi connectivity index (χ4v) is 5.26. The lowest BCUT2D eigenvalue weighted by atomic mass is 9.77. The first-order valence-electron chi connectivity index (χ1n) is 13.3. The van der Waals surface area contributed by atoms with Crippen molar-refractivity contribution in [1.82, 2.24) is 0 Å². The molecule has 2 radical (unpaired) electrons. The van der Waals surface area contributed by atoms with Gasteiger partial charge in [0.2, 0.25) is 5.91 Å². The van der Waals surface area contributed by atoms with E-state index < -0.39 is 0 Å². The first-order chi connectivity index (χ1) is 18.9. The van der Waals surface area contributed by atoms with Crippen molar-refractivity contribution in [2.75, 3.05) is 4.90 Å². The van der Waals surface area contributed by atoms with Crippen molar-refractivity contribution in [2.45, 2.75) is 44.7 Å². The number of halogens is 2. The SMILES string of the molecule is [B]Cc1cccc(COc2ccc(C3C(CCC(C)c4ccc(F)cc4)C(=O)N3c3ccc(F)cc3)cc2)c1. The molecule has 0 aromatic heterocycles. The van der Waals surface area contributed by atoms with E-state index in [2.05, 4.69) is 6.92 Å². The molecular formula is C33H30BF2NO2. The second-order valence-electron chi connectivity index (χ2n) is 10.1. The number of rotatable bonds is 10. The zero-order valence-corrected chi connectivity index (χ0v) is 21.9. The topological polar surface area (TPSA) is 29.5 Å². The predicted molar refractivity (Wildman–Crippen MR) is 151 cm³/mol. The minimum Gasteiger partial charge on any atom is -0.489 e. The molecule has 0 bridgehead atoms. The maximum Gasteiger partial charge on any atom is 0.233 e. The molecule has 1 amide bonds. The summed E-state index contributed by atoms with van der Waals surface area (Å²) in [6.45, 7) is 2.53. The first-order valence-corrected chi connectivity index (χ1v) is 13.3. The van der Waals surface area contributed by atoms with Crippen LogP contribution in [-0.4, -0.2) is 13.8 Å². The number of ether oxygens (including phenoxy) is 1.